The van der Waals surface area contributed by atoms with Gasteiger partial charge in [0, 0.05) is 24.4 Å². The van der Waals surface area contributed by atoms with Crippen LogP contribution in [-0.4, -0.2) is 24.4 Å². The van der Waals surface area contributed by atoms with Crippen molar-refractivity contribution in [1.29, 1.82) is 0 Å². The number of fused-ring (bicyclic) bond motifs is 1. The number of rotatable bonds is 3. The number of benzene rings is 1. The lowest BCUT2D eigenvalue weighted by Crippen LogP contribution is -2.14. The molecule has 0 saturated carbocycles. The second-order valence-electron chi connectivity index (χ2n) is 5.67. The van der Waals surface area contributed by atoms with Gasteiger partial charge in [-0.3, -0.25) is 14.6 Å². The first-order valence-electron chi connectivity index (χ1n) is 7.89. The van der Waals surface area contributed by atoms with Crippen LogP contribution in [0.25, 0.3) is 28.3 Å². The molecule has 4 aromatic rings. The molecule has 0 unspecified atom stereocenters. The van der Waals surface area contributed by atoms with Crippen LogP contribution in [0, 0.1) is 6.92 Å². The average Bonchev–Trinajstić information content (AvgIpc) is 3.21. The monoisotopic (exact) mass is 319 g/mol. The maximum Gasteiger partial charge on any atom is 0.273 e. The van der Waals surface area contributed by atoms with E-state index in [-0.39, 0.29) is 5.56 Å². The molecule has 0 atom stereocenters. The number of H-pyrrole nitrogens is 1. The Morgan fingerprint density at radius 3 is 2.62 bits per heavy atom. The summed E-state index contributed by atoms with van der Waals surface area (Å²) in [4.78, 5) is 17.2. The number of aryl methyl sites for hydroxylation is 2. The van der Waals surface area contributed by atoms with Gasteiger partial charge >= 0.3 is 0 Å². The fourth-order valence-electron chi connectivity index (χ4n) is 2.84. The first kappa shape index (κ1) is 14.4. The molecule has 0 spiro atoms. The molecule has 1 N–H and O–H groups in total. The van der Waals surface area contributed by atoms with Gasteiger partial charge in [0.05, 0.1) is 11.4 Å². The number of hydrogen-bond acceptors (Lipinski definition) is 3. The van der Waals surface area contributed by atoms with Crippen LogP contribution in [-0.2, 0) is 6.54 Å². The van der Waals surface area contributed by atoms with Crippen molar-refractivity contribution in [3.63, 3.8) is 0 Å². The van der Waals surface area contributed by atoms with Gasteiger partial charge in [0.25, 0.3) is 5.56 Å². The Bertz CT molecular complexity index is 1070. The zero-order chi connectivity index (χ0) is 16.7. The summed E-state index contributed by atoms with van der Waals surface area (Å²) in [5.74, 6) is 0. The zero-order valence-corrected chi connectivity index (χ0v) is 13.5. The molecule has 3 heterocycles. The molecule has 0 bridgehead atoms. The Labute approximate surface area is 138 Å². The third-order valence-electron chi connectivity index (χ3n) is 4.14. The molecule has 4 rings (SSSR count). The molecule has 0 aliphatic carbocycles. The van der Waals surface area contributed by atoms with Crippen molar-refractivity contribution in [2.45, 2.75) is 20.4 Å². The highest BCUT2D eigenvalue weighted by atomic mass is 16.1. The first-order valence-corrected chi connectivity index (χ1v) is 7.89. The smallest absolute Gasteiger partial charge is 0.273 e. The van der Waals surface area contributed by atoms with Crippen LogP contribution in [0.4, 0.5) is 0 Å². The van der Waals surface area contributed by atoms with E-state index < -0.39 is 0 Å². The molecule has 24 heavy (non-hydrogen) atoms. The van der Waals surface area contributed by atoms with Crippen LogP contribution < -0.4 is 5.56 Å². The molecule has 120 valence electrons. The highest BCUT2D eigenvalue weighted by molar-refractivity contribution is 5.71. The van der Waals surface area contributed by atoms with Crippen LogP contribution in [0.5, 0.6) is 0 Å². The van der Waals surface area contributed by atoms with Crippen LogP contribution in [0.2, 0.25) is 0 Å². The SMILES string of the molecule is CCn1ccc(-c2cc(=O)n3[nH]c(-c4ccccc4)c(C)c3n2)n1. The van der Waals surface area contributed by atoms with E-state index in [1.54, 1.807) is 0 Å². The van der Waals surface area contributed by atoms with Gasteiger partial charge in [0.15, 0.2) is 5.65 Å². The molecule has 0 radical (unpaired) electrons. The van der Waals surface area contributed by atoms with Crippen molar-refractivity contribution < 1.29 is 0 Å². The van der Waals surface area contributed by atoms with Gasteiger partial charge in [0.1, 0.15) is 5.69 Å². The van der Waals surface area contributed by atoms with Crippen molar-refractivity contribution in [2.75, 3.05) is 0 Å². The van der Waals surface area contributed by atoms with Crippen molar-refractivity contribution in [1.82, 2.24) is 24.4 Å². The lowest BCUT2D eigenvalue weighted by atomic mass is 10.1. The normalized spacial score (nSPS) is 11.2. The van der Waals surface area contributed by atoms with Crippen LogP contribution in [0.1, 0.15) is 12.5 Å². The highest BCUT2D eigenvalue weighted by Gasteiger charge is 2.14. The maximum atomic E-state index is 12.5. The number of nitrogens with one attached hydrogen (secondary N) is 1. The fraction of sp³-hybridized carbons (Fsp3) is 0.167. The topological polar surface area (TPSA) is 68.0 Å². The molecule has 6 heteroatoms. The van der Waals surface area contributed by atoms with Crippen LogP contribution >= 0.6 is 0 Å². The molecule has 0 aliphatic rings. The molecule has 0 fully saturated rings. The number of hydrogen-bond donors (Lipinski definition) is 1. The summed E-state index contributed by atoms with van der Waals surface area (Å²) >= 11 is 0. The van der Waals surface area contributed by atoms with Crippen molar-refractivity contribution in [3.8, 4) is 22.6 Å². The van der Waals surface area contributed by atoms with Gasteiger partial charge in [-0.05, 0) is 25.5 Å². The molecule has 0 saturated heterocycles. The summed E-state index contributed by atoms with van der Waals surface area (Å²) < 4.78 is 3.30. The van der Waals surface area contributed by atoms with E-state index in [0.717, 1.165) is 23.4 Å². The minimum Gasteiger partial charge on any atom is -0.289 e. The summed E-state index contributed by atoms with van der Waals surface area (Å²) in [6.07, 6.45) is 1.89. The summed E-state index contributed by atoms with van der Waals surface area (Å²) in [7, 11) is 0. The number of nitrogens with zero attached hydrogens (tertiary/aromatic N) is 4. The molecule has 6 nitrogen and oxygen atoms in total. The molecular formula is C18H17N5O. The largest absolute Gasteiger partial charge is 0.289 e. The van der Waals surface area contributed by atoms with E-state index >= 15 is 0 Å². The predicted octanol–water partition coefficient (Wildman–Crippen LogP) is 2.88. The summed E-state index contributed by atoms with van der Waals surface area (Å²) in [5.41, 5.74) is 4.64. The van der Waals surface area contributed by atoms with Crippen molar-refractivity contribution >= 4 is 5.65 Å². The maximum absolute atomic E-state index is 12.5. The lowest BCUT2D eigenvalue weighted by molar-refractivity contribution is 0.661. The zero-order valence-electron chi connectivity index (χ0n) is 13.5. The fourth-order valence-corrected chi connectivity index (χ4v) is 2.84. The van der Waals surface area contributed by atoms with E-state index in [1.165, 1.54) is 10.6 Å². The van der Waals surface area contributed by atoms with Gasteiger partial charge in [-0.15, -0.1) is 0 Å². The summed E-state index contributed by atoms with van der Waals surface area (Å²) in [5, 5.41) is 7.60. The van der Waals surface area contributed by atoms with E-state index in [0.29, 0.717) is 17.0 Å². The molecular weight excluding hydrogens is 302 g/mol. The number of aromatic amines is 1. The van der Waals surface area contributed by atoms with Crippen molar-refractivity contribution in [2.24, 2.45) is 0 Å². The van der Waals surface area contributed by atoms with Gasteiger partial charge in [-0.2, -0.15) is 5.10 Å². The minimum absolute atomic E-state index is 0.147. The first-order chi connectivity index (χ1) is 11.7. The summed E-state index contributed by atoms with van der Waals surface area (Å²) in [6, 6.07) is 13.3. The number of aromatic nitrogens is 5. The van der Waals surface area contributed by atoms with Crippen LogP contribution in [0.3, 0.4) is 0 Å². The average molecular weight is 319 g/mol. The quantitative estimate of drug-likeness (QED) is 0.631. The van der Waals surface area contributed by atoms with Gasteiger partial charge in [-0.25, -0.2) is 9.50 Å². The molecule has 3 aromatic heterocycles. The third-order valence-corrected chi connectivity index (χ3v) is 4.14. The molecule has 0 aliphatic heterocycles. The van der Waals surface area contributed by atoms with Gasteiger partial charge < -0.3 is 0 Å². The van der Waals surface area contributed by atoms with E-state index in [1.807, 2.05) is 61.1 Å². The molecule has 0 amide bonds. The Hall–Kier alpha value is -3.15. The Kier molecular flexibility index (Phi) is 3.30. The second kappa shape index (κ2) is 5.49. The Morgan fingerprint density at radius 2 is 1.92 bits per heavy atom. The van der Waals surface area contributed by atoms with E-state index in [2.05, 4.69) is 15.2 Å². The second-order valence-corrected chi connectivity index (χ2v) is 5.67. The Morgan fingerprint density at radius 1 is 1.12 bits per heavy atom. The van der Waals surface area contributed by atoms with E-state index in [4.69, 9.17) is 0 Å². The van der Waals surface area contributed by atoms with Gasteiger partial charge in [0.2, 0.25) is 0 Å². The van der Waals surface area contributed by atoms with Gasteiger partial charge in [-0.1, -0.05) is 30.3 Å². The van der Waals surface area contributed by atoms with E-state index in [9.17, 15) is 4.79 Å². The Balaban J connectivity index is 1.92. The minimum atomic E-state index is -0.147. The molecule has 1 aromatic carbocycles. The predicted molar refractivity (Wildman–Crippen MR) is 92.9 cm³/mol. The summed E-state index contributed by atoms with van der Waals surface area (Å²) in [6.45, 7) is 4.77. The highest BCUT2D eigenvalue weighted by Crippen LogP contribution is 2.24. The third kappa shape index (κ3) is 2.23. The lowest BCUT2D eigenvalue weighted by Gasteiger charge is -1.98. The van der Waals surface area contributed by atoms with Crippen molar-refractivity contribution in [3.05, 3.63) is 64.6 Å². The van der Waals surface area contributed by atoms with Crippen LogP contribution in [0.15, 0.2) is 53.5 Å². The standard InChI is InChI=1S/C18H17N5O/c1-3-22-10-9-14(20-22)15-11-16(24)23-18(19-15)12(2)17(21-23)13-7-5-4-6-8-13/h4-11,21H,3H2,1-2H3.